The molecule has 4 heteroatoms. The van der Waals surface area contributed by atoms with Crippen molar-refractivity contribution in [2.45, 2.75) is 32.1 Å². The molecule has 0 atom stereocenters. The molecule has 1 saturated carbocycles. The molecule has 0 aromatic rings. The van der Waals surface area contributed by atoms with Crippen molar-refractivity contribution < 1.29 is 19.4 Å². The second-order valence-electron chi connectivity index (χ2n) is 3.84. The maximum Gasteiger partial charge on any atom is 0.308 e. The second kappa shape index (κ2) is 4.98. The summed E-state index contributed by atoms with van der Waals surface area (Å²) < 4.78 is 4.65. The Kier molecular flexibility index (Phi) is 3.92. The SMILES string of the molecule is COC(=O)[C@H]1CC[C@@H](CC(=O)O)CC1. The van der Waals surface area contributed by atoms with Gasteiger partial charge in [-0.1, -0.05) is 0 Å². The summed E-state index contributed by atoms with van der Waals surface area (Å²) in [6, 6.07) is 0. The van der Waals surface area contributed by atoms with Crippen LogP contribution in [0.2, 0.25) is 0 Å². The molecule has 0 aromatic carbocycles. The molecule has 80 valence electrons. The molecular weight excluding hydrogens is 184 g/mol. The first kappa shape index (κ1) is 11.0. The molecule has 14 heavy (non-hydrogen) atoms. The molecule has 0 radical (unpaired) electrons. The highest BCUT2D eigenvalue weighted by atomic mass is 16.5. The van der Waals surface area contributed by atoms with Crippen LogP contribution in [0.1, 0.15) is 32.1 Å². The van der Waals surface area contributed by atoms with Crippen molar-refractivity contribution in [3.8, 4) is 0 Å². The van der Waals surface area contributed by atoms with Crippen LogP contribution in [0.5, 0.6) is 0 Å². The number of carbonyl (C=O) groups is 2. The van der Waals surface area contributed by atoms with E-state index in [4.69, 9.17) is 5.11 Å². The Morgan fingerprint density at radius 1 is 1.29 bits per heavy atom. The van der Waals surface area contributed by atoms with E-state index in [1.807, 2.05) is 0 Å². The minimum atomic E-state index is -0.744. The quantitative estimate of drug-likeness (QED) is 0.700. The highest BCUT2D eigenvalue weighted by molar-refractivity contribution is 5.72. The minimum Gasteiger partial charge on any atom is -0.481 e. The summed E-state index contributed by atoms with van der Waals surface area (Å²) in [5, 5.41) is 8.60. The van der Waals surface area contributed by atoms with Gasteiger partial charge < -0.3 is 9.84 Å². The van der Waals surface area contributed by atoms with Gasteiger partial charge in [0.2, 0.25) is 0 Å². The molecule has 1 rings (SSSR count). The van der Waals surface area contributed by atoms with E-state index in [1.54, 1.807) is 0 Å². The first-order chi connectivity index (χ1) is 6.63. The van der Waals surface area contributed by atoms with Crippen molar-refractivity contribution in [1.82, 2.24) is 0 Å². The monoisotopic (exact) mass is 200 g/mol. The summed E-state index contributed by atoms with van der Waals surface area (Å²) in [6.07, 6.45) is 3.42. The van der Waals surface area contributed by atoms with Crippen LogP contribution < -0.4 is 0 Å². The lowest BCUT2D eigenvalue weighted by Crippen LogP contribution is -2.23. The van der Waals surface area contributed by atoms with E-state index in [2.05, 4.69) is 4.74 Å². The molecule has 1 fully saturated rings. The van der Waals surface area contributed by atoms with Crippen molar-refractivity contribution in [3.05, 3.63) is 0 Å². The predicted molar refractivity (Wildman–Crippen MR) is 49.7 cm³/mol. The second-order valence-corrected chi connectivity index (χ2v) is 3.84. The van der Waals surface area contributed by atoms with Crippen molar-refractivity contribution in [2.24, 2.45) is 11.8 Å². The lowest BCUT2D eigenvalue weighted by Gasteiger charge is -2.25. The number of carbonyl (C=O) groups excluding carboxylic acids is 1. The third-order valence-corrected chi connectivity index (χ3v) is 2.84. The maximum absolute atomic E-state index is 11.2. The standard InChI is InChI=1S/C10H16O4/c1-14-10(13)8-4-2-7(3-5-8)6-9(11)12/h7-8H,2-6H2,1H3,(H,11,12)/t7-,8+. The number of carboxylic acids is 1. The Morgan fingerprint density at radius 2 is 1.86 bits per heavy atom. The lowest BCUT2D eigenvalue weighted by molar-refractivity contribution is -0.146. The van der Waals surface area contributed by atoms with Crippen molar-refractivity contribution >= 4 is 11.9 Å². The van der Waals surface area contributed by atoms with Crippen LogP contribution >= 0.6 is 0 Å². The van der Waals surface area contributed by atoms with Crippen molar-refractivity contribution in [1.29, 1.82) is 0 Å². The zero-order valence-electron chi connectivity index (χ0n) is 8.36. The fourth-order valence-corrected chi connectivity index (χ4v) is 2.02. The van der Waals surface area contributed by atoms with Crippen LogP contribution in [-0.2, 0) is 14.3 Å². The third kappa shape index (κ3) is 3.01. The summed E-state index contributed by atoms with van der Waals surface area (Å²) in [6.45, 7) is 0. The van der Waals surface area contributed by atoms with Crippen LogP contribution in [0.15, 0.2) is 0 Å². The normalized spacial score (nSPS) is 26.9. The van der Waals surface area contributed by atoms with Crippen molar-refractivity contribution in [3.63, 3.8) is 0 Å². The first-order valence-corrected chi connectivity index (χ1v) is 4.93. The van der Waals surface area contributed by atoms with E-state index < -0.39 is 5.97 Å². The van der Waals surface area contributed by atoms with E-state index in [0.717, 1.165) is 25.7 Å². The molecule has 0 aliphatic heterocycles. The fraction of sp³-hybridized carbons (Fsp3) is 0.800. The molecule has 0 aromatic heterocycles. The Hall–Kier alpha value is -1.06. The molecule has 4 nitrogen and oxygen atoms in total. The summed E-state index contributed by atoms with van der Waals surface area (Å²) in [7, 11) is 1.39. The Balaban J connectivity index is 2.31. The summed E-state index contributed by atoms with van der Waals surface area (Å²) in [4.78, 5) is 21.6. The van der Waals surface area contributed by atoms with Gasteiger partial charge in [0.25, 0.3) is 0 Å². The molecule has 1 N–H and O–H groups in total. The lowest BCUT2D eigenvalue weighted by atomic mass is 9.80. The Morgan fingerprint density at radius 3 is 2.29 bits per heavy atom. The number of hydrogen-bond acceptors (Lipinski definition) is 3. The van der Waals surface area contributed by atoms with Gasteiger partial charge in [0.1, 0.15) is 0 Å². The van der Waals surface area contributed by atoms with Crippen LogP contribution in [0.3, 0.4) is 0 Å². The molecule has 0 saturated heterocycles. The van der Waals surface area contributed by atoms with E-state index in [9.17, 15) is 9.59 Å². The van der Waals surface area contributed by atoms with Gasteiger partial charge in [-0.15, -0.1) is 0 Å². The van der Waals surface area contributed by atoms with Gasteiger partial charge in [0, 0.05) is 6.42 Å². The number of hydrogen-bond donors (Lipinski definition) is 1. The topological polar surface area (TPSA) is 63.6 Å². The third-order valence-electron chi connectivity index (χ3n) is 2.84. The smallest absolute Gasteiger partial charge is 0.308 e. The molecule has 0 amide bonds. The van der Waals surface area contributed by atoms with E-state index in [0.29, 0.717) is 0 Å². The molecular formula is C10H16O4. The van der Waals surface area contributed by atoms with Gasteiger partial charge in [-0.3, -0.25) is 9.59 Å². The van der Waals surface area contributed by atoms with Gasteiger partial charge in [0.05, 0.1) is 13.0 Å². The molecule has 0 spiro atoms. The van der Waals surface area contributed by atoms with Gasteiger partial charge in [0.15, 0.2) is 0 Å². The van der Waals surface area contributed by atoms with Gasteiger partial charge in [-0.25, -0.2) is 0 Å². The number of aliphatic carboxylic acids is 1. The van der Waals surface area contributed by atoms with Crippen LogP contribution in [0, 0.1) is 11.8 Å². The summed E-state index contributed by atoms with van der Waals surface area (Å²) >= 11 is 0. The number of carboxylic acid groups (broad SMARTS) is 1. The zero-order valence-corrected chi connectivity index (χ0v) is 8.36. The van der Waals surface area contributed by atoms with Gasteiger partial charge in [-0.2, -0.15) is 0 Å². The van der Waals surface area contributed by atoms with Crippen LogP contribution in [-0.4, -0.2) is 24.2 Å². The van der Waals surface area contributed by atoms with Crippen molar-refractivity contribution in [2.75, 3.05) is 7.11 Å². The largest absolute Gasteiger partial charge is 0.481 e. The fourth-order valence-electron chi connectivity index (χ4n) is 2.02. The Labute approximate surface area is 83.2 Å². The van der Waals surface area contributed by atoms with Crippen LogP contribution in [0.25, 0.3) is 0 Å². The average Bonchev–Trinajstić information content (AvgIpc) is 2.17. The minimum absolute atomic E-state index is 0.00922. The van der Waals surface area contributed by atoms with E-state index in [1.165, 1.54) is 7.11 Å². The number of methoxy groups -OCH3 is 1. The first-order valence-electron chi connectivity index (χ1n) is 4.93. The van der Waals surface area contributed by atoms with Crippen LogP contribution in [0.4, 0.5) is 0 Å². The zero-order chi connectivity index (χ0) is 10.6. The maximum atomic E-state index is 11.2. The average molecular weight is 200 g/mol. The van der Waals surface area contributed by atoms with Gasteiger partial charge in [-0.05, 0) is 31.6 Å². The molecule has 0 bridgehead atoms. The highest BCUT2D eigenvalue weighted by Crippen LogP contribution is 2.31. The molecule has 0 unspecified atom stereocenters. The predicted octanol–water partition coefficient (Wildman–Crippen LogP) is 1.44. The summed E-state index contributed by atoms with van der Waals surface area (Å²) in [5.74, 6) is -0.663. The highest BCUT2D eigenvalue weighted by Gasteiger charge is 2.27. The summed E-state index contributed by atoms with van der Waals surface area (Å²) in [5.41, 5.74) is 0. The molecule has 1 aliphatic carbocycles. The Bertz CT molecular complexity index is 216. The molecule has 0 heterocycles. The number of ether oxygens (including phenoxy) is 1. The number of rotatable bonds is 3. The van der Waals surface area contributed by atoms with E-state index in [-0.39, 0.29) is 24.2 Å². The molecule has 1 aliphatic rings. The number of esters is 1. The van der Waals surface area contributed by atoms with Gasteiger partial charge >= 0.3 is 11.9 Å². The van der Waals surface area contributed by atoms with E-state index >= 15 is 0 Å².